The van der Waals surface area contributed by atoms with E-state index in [2.05, 4.69) is 15.7 Å². The van der Waals surface area contributed by atoms with Gasteiger partial charge in [-0.2, -0.15) is 0 Å². The van der Waals surface area contributed by atoms with E-state index < -0.39 is 46.6 Å². The van der Waals surface area contributed by atoms with E-state index in [1.807, 2.05) is 0 Å². The number of pyridine rings is 2. The van der Waals surface area contributed by atoms with Crippen molar-refractivity contribution in [3.63, 3.8) is 0 Å². The van der Waals surface area contributed by atoms with Crippen LogP contribution in [0.3, 0.4) is 0 Å². The molecule has 0 fully saturated rings. The molecule has 0 spiro atoms. The third kappa shape index (κ3) is 12.7. The van der Waals surface area contributed by atoms with Gasteiger partial charge in [0.05, 0.1) is 6.54 Å². The Hall–Kier alpha value is -5.47. The number of rotatable bonds is 8. The van der Waals surface area contributed by atoms with Gasteiger partial charge in [0.15, 0.2) is 11.5 Å². The largest absolute Gasteiger partial charge is 0.506 e. The van der Waals surface area contributed by atoms with Gasteiger partial charge in [-0.25, -0.2) is 23.5 Å². The fraction of sp³-hybridized carbons (Fsp3) is 0.133. The quantitative estimate of drug-likeness (QED) is 0.151. The van der Waals surface area contributed by atoms with Crippen LogP contribution in [-0.2, 0) is 9.59 Å². The summed E-state index contributed by atoms with van der Waals surface area (Å²) in [6, 6.07) is 14.1. The molecule has 0 unspecified atom stereocenters. The monoisotopic (exact) mass is 647 g/mol. The van der Waals surface area contributed by atoms with E-state index in [0.29, 0.717) is 22.3 Å². The lowest BCUT2D eigenvalue weighted by atomic mass is 10.1. The average molecular weight is 648 g/mol. The van der Waals surface area contributed by atoms with Crippen molar-refractivity contribution in [2.24, 2.45) is 17.2 Å². The van der Waals surface area contributed by atoms with Gasteiger partial charge in [-0.1, -0.05) is 31.7 Å². The first-order valence-electron chi connectivity index (χ1n) is 12.2. The fourth-order valence-corrected chi connectivity index (χ4v) is 3.29. The van der Waals surface area contributed by atoms with Gasteiger partial charge in [0.1, 0.15) is 28.8 Å². The molecule has 0 saturated carbocycles. The number of nitrogens with two attached hydrogens (primary N) is 3. The van der Waals surface area contributed by atoms with Gasteiger partial charge in [-0.15, -0.1) is 12.4 Å². The number of halogens is 3. The highest BCUT2D eigenvalue weighted by Crippen LogP contribution is 2.27. The van der Waals surface area contributed by atoms with Gasteiger partial charge in [0.2, 0.25) is 11.8 Å². The standard InChI is InChI=1S/C15H13FN2O3.C12H8FNO3.C2H6N2O.CH4.ClH/c16-11-3-1-2-9(6-11)10-7-13(20)15(18-8-10)12(19)4-5-14(17)21;13-9-3-1-2-7(4-9)8-5-10(15)11(12(16)17)14-6-8;3-1-2(4)5;;/h1-3,6-8,20H,4-5H2,(H2,17,21);1-6,15H,(H,16,17);1,3H2,(H2,4,5);1H4;1H. The van der Waals surface area contributed by atoms with Crippen LogP contribution in [-0.4, -0.2) is 55.4 Å². The molecule has 0 radical (unpaired) electrons. The van der Waals surface area contributed by atoms with Crippen LogP contribution in [0.2, 0.25) is 0 Å². The summed E-state index contributed by atoms with van der Waals surface area (Å²) in [7, 11) is 0. The van der Waals surface area contributed by atoms with Gasteiger partial charge in [-0.3, -0.25) is 14.4 Å². The van der Waals surface area contributed by atoms with Crippen LogP contribution in [0, 0.1) is 11.6 Å². The molecule has 4 aromatic rings. The molecule has 0 saturated heterocycles. The number of carboxylic acid groups (broad SMARTS) is 1. The summed E-state index contributed by atoms with van der Waals surface area (Å²) in [5, 5.41) is 28.0. The van der Waals surface area contributed by atoms with Crippen molar-refractivity contribution >= 4 is 36.0 Å². The Morgan fingerprint density at radius 3 is 1.44 bits per heavy atom. The van der Waals surface area contributed by atoms with E-state index in [1.165, 1.54) is 60.9 Å². The van der Waals surface area contributed by atoms with Gasteiger partial charge in [0.25, 0.3) is 0 Å². The SMILES string of the molecule is C.Cl.NC(=O)CCC(=O)c1ncc(-c2cccc(F)c2)cc1O.NCC(N)=O.O=C(O)c1ncc(-c2cccc(F)c2)cc1O. The zero-order valence-corrected chi connectivity index (χ0v) is 23.6. The molecule has 0 bridgehead atoms. The van der Waals surface area contributed by atoms with E-state index >= 15 is 0 Å². The Morgan fingerprint density at radius 2 is 1.11 bits per heavy atom. The molecule has 0 aliphatic rings. The summed E-state index contributed by atoms with van der Waals surface area (Å²) >= 11 is 0. The molecular weight excluding hydrogens is 616 g/mol. The lowest BCUT2D eigenvalue weighted by Gasteiger charge is -2.06. The molecule has 12 nitrogen and oxygen atoms in total. The predicted octanol–water partition coefficient (Wildman–Crippen LogP) is 3.82. The molecule has 240 valence electrons. The summed E-state index contributed by atoms with van der Waals surface area (Å²) in [6.07, 6.45) is 2.42. The number of amides is 2. The molecule has 0 aliphatic carbocycles. The first-order chi connectivity index (χ1) is 20.3. The number of Topliss-reactive ketones (excluding diaryl/α,β-unsaturated/α-hetero) is 1. The van der Waals surface area contributed by atoms with Crippen LogP contribution >= 0.6 is 12.4 Å². The molecule has 2 aromatic carbocycles. The average Bonchev–Trinajstić information content (AvgIpc) is 2.96. The molecule has 9 N–H and O–H groups in total. The van der Waals surface area contributed by atoms with Crippen LogP contribution in [0.4, 0.5) is 8.78 Å². The molecule has 2 amide bonds. The molecule has 2 heterocycles. The van der Waals surface area contributed by atoms with Crippen molar-refractivity contribution in [3.8, 4) is 33.8 Å². The van der Waals surface area contributed by atoms with Gasteiger partial charge >= 0.3 is 5.97 Å². The topological polar surface area (TPSA) is 233 Å². The zero-order chi connectivity index (χ0) is 32.1. The Bertz CT molecular complexity index is 1640. The Morgan fingerprint density at radius 1 is 0.689 bits per heavy atom. The number of carbonyl (C=O) groups is 4. The third-order valence-corrected chi connectivity index (χ3v) is 5.32. The second-order valence-corrected chi connectivity index (χ2v) is 8.57. The van der Waals surface area contributed by atoms with Crippen LogP contribution in [0.1, 0.15) is 41.2 Å². The summed E-state index contributed by atoms with van der Waals surface area (Å²) in [5.74, 6) is -4.43. The van der Waals surface area contributed by atoms with Crippen molar-refractivity contribution in [2.45, 2.75) is 20.3 Å². The lowest BCUT2D eigenvalue weighted by Crippen LogP contribution is -2.21. The second-order valence-electron chi connectivity index (χ2n) is 8.57. The highest BCUT2D eigenvalue weighted by atomic mass is 35.5. The number of aromatic hydroxyl groups is 2. The van der Waals surface area contributed by atoms with E-state index in [-0.39, 0.29) is 50.7 Å². The lowest BCUT2D eigenvalue weighted by molar-refractivity contribution is -0.118. The summed E-state index contributed by atoms with van der Waals surface area (Å²) in [6.45, 7) is -0.0556. The third-order valence-electron chi connectivity index (χ3n) is 5.32. The maximum absolute atomic E-state index is 13.2. The van der Waals surface area contributed by atoms with Crippen molar-refractivity contribution in [1.82, 2.24) is 9.97 Å². The number of carboxylic acids is 1. The number of aromatic nitrogens is 2. The molecule has 0 atom stereocenters. The van der Waals surface area contributed by atoms with Crippen molar-refractivity contribution in [3.05, 3.63) is 96.1 Å². The minimum atomic E-state index is -1.31. The number of ketones is 1. The predicted molar refractivity (Wildman–Crippen MR) is 165 cm³/mol. The van der Waals surface area contributed by atoms with E-state index in [4.69, 9.17) is 16.6 Å². The number of nitrogens with zero attached hydrogens (tertiary/aromatic N) is 2. The van der Waals surface area contributed by atoms with E-state index in [9.17, 15) is 38.2 Å². The summed E-state index contributed by atoms with van der Waals surface area (Å²) < 4.78 is 26.1. The van der Waals surface area contributed by atoms with Crippen LogP contribution < -0.4 is 17.2 Å². The minimum Gasteiger partial charge on any atom is -0.506 e. The number of benzene rings is 2. The van der Waals surface area contributed by atoms with Crippen molar-refractivity contribution in [2.75, 3.05) is 6.54 Å². The molecule has 0 aliphatic heterocycles. The molecule has 4 rings (SSSR count). The number of carbonyl (C=O) groups excluding carboxylic acids is 3. The minimum absolute atomic E-state index is 0. The fourth-order valence-electron chi connectivity index (χ4n) is 3.29. The maximum atomic E-state index is 13.2. The number of hydrogen-bond donors (Lipinski definition) is 6. The smallest absolute Gasteiger partial charge is 0.358 e. The maximum Gasteiger partial charge on any atom is 0.358 e. The summed E-state index contributed by atoms with van der Waals surface area (Å²) in [5.41, 5.74) is 15.6. The van der Waals surface area contributed by atoms with Crippen LogP contribution in [0.25, 0.3) is 22.3 Å². The highest BCUT2D eigenvalue weighted by molar-refractivity contribution is 5.98. The van der Waals surface area contributed by atoms with Gasteiger partial charge in [0, 0.05) is 36.4 Å². The molecular formula is C30H32ClF2N5O7. The van der Waals surface area contributed by atoms with Crippen molar-refractivity contribution < 1.29 is 43.3 Å². The Balaban J connectivity index is 0.000000730. The van der Waals surface area contributed by atoms with Crippen LogP contribution in [0.5, 0.6) is 11.5 Å². The van der Waals surface area contributed by atoms with E-state index in [0.717, 1.165) is 0 Å². The van der Waals surface area contributed by atoms with Crippen molar-refractivity contribution in [1.29, 1.82) is 0 Å². The number of primary amides is 2. The molecule has 45 heavy (non-hydrogen) atoms. The zero-order valence-electron chi connectivity index (χ0n) is 22.8. The Kier molecular flexibility index (Phi) is 16.6. The number of hydrogen-bond acceptors (Lipinski definition) is 9. The first kappa shape index (κ1) is 39.5. The highest BCUT2D eigenvalue weighted by Gasteiger charge is 2.15. The first-order valence-corrected chi connectivity index (χ1v) is 12.2. The Labute approximate surface area is 263 Å². The van der Waals surface area contributed by atoms with Crippen LogP contribution in [0.15, 0.2) is 73.1 Å². The normalized spacial score (nSPS) is 9.49. The van der Waals surface area contributed by atoms with Gasteiger partial charge < -0.3 is 32.5 Å². The summed E-state index contributed by atoms with van der Waals surface area (Å²) in [4.78, 5) is 50.0. The second kappa shape index (κ2) is 18.9. The number of aromatic carboxylic acids is 1. The molecule has 2 aromatic heterocycles. The van der Waals surface area contributed by atoms with Gasteiger partial charge in [-0.05, 0) is 47.5 Å². The molecule has 15 heteroatoms. The van der Waals surface area contributed by atoms with E-state index in [1.54, 1.807) is 12.1 Å².